The summed E-state index contributed by atoms with van der Waals surface area (Å²) in [5.74, 6) is 1.75. The third kappa shape index (κ3) is 4.75. The van der Waals surface area contributed by atoms with E-state index in [-0.39, 0.29) is 0 Å². The molecule has 234 valence electrons. The summed E-state index contributed by atoms with van der Waals surface area (Å²) in [6, 6.07) is 55.8. The molecule has 0 aliphatic heterocycles. The second-order valence-corrected chi connectivity index (χ2v) is 12.4. The minimum atomic E-state index is 0.569. The van der Waals surface area contributed by atoms with Crippen molar-refractivity contribution in [3.8, 4) is 56.4 Å². The van der Waals surface area contributed by atoms with Crippen LogP contribution < -0.4 is 0 Å². The second kappa shape index (κ2) is 11.4. The summed E-state index contributed by atoms with van der Waals surface area (Å²) < 4.78 is 12.6. The maximum Gasteiger partial charge on any atom is 0.164 e. The van der Waals surface area contributed by atoms with E-state index in [9.17, 15) is 0 Å². The maximum absolute atomic E-state index is 6.46. The largest absolute Gasteiger partial charge is 0.456 e. The van der Waals surface area contributed by atoms with Crippen molar-refractivity contribution in [1.82, 2.24) is 15.0 Å². The molecule has 5 heteroatoms. The van der Waals surface area contributed by atoms with Gasteiger partial charge in [0, 0.05) is 38.2 Å². The highest BCUT2D eigenvalue weighted by Gasteiger charge is 2.17. The molecule has 0 fully saturated rings. The summed E-state index contributed by atoms with van der Waals surface area (Å²) in [6.07, 6.45) is 0. The van der Waals surface area contributed by atoms with Gasteiger partial charge in [-0.1, -0.05) is 121 Å². The fourth-order valence-electron chi connectivity index (χ4n) is 6.89. The van der Waals surface area contributed by atoms with Crippen molar-refractivity contribution in [3.05, 3.63) is 164 Å². The molecule has 7 aromatic carbocycles. The van der Waals surface area contributed by atoms with Gasteiger partial charge in [-0.05, 0) is 64.7 Å². The van der Waals surface area contributed by atoms with Gasteiger partial charge in [0.25, 0.3) is 0 Å². The Labute approximate surface area is 287 Å². The van der Waals surface area contributed by atoms with E-state index in [1.54, 1.807) is 0 Å². The van der Waals surface area contributed by atoms with Crippen LogP contribution in [0.2, 0.25) is 0 Å². The van der Waals surface area contributed by atoms with Crippen LogP contribution in [0.15, 0.2) is 173 Å². The summed E-state index contributed by atoms with van der Waals surface area (Å²) in [7, 11) is 0. The molecular weight excluding hydrogens is 615 g/mol. The standard InChI is InChI=1S/C45H27N3O2/c1-3-10-28(11-4-1)29-18-20-31(21-19-29)43-46-44(32-23-25-39-37(26-32)35-14-7-8-16-38(35)49-39)48-45(47-43)33-22-24-36-41(27-33)50-40-17-9-15-34(42(36)40)30-12-5-2-6-13-30/h1-27H. The molecule has 0 N–H and O–H groups in total. The predicted molar refractivity (Wildman–Crippen MR) is 202 cm³/mol. The number of fused-ring (bicyclic) bond motifs is 6. The van der Waals surface area contributed by atoms with Gasteiger partial charge >= 0.3 is 0 Å². The number of nitrogens with zero attached hydrogens (tertiary/aromatic N) is 3. The van der Waals surface area contributed by atoms with Gasteiger partial charge in [-0.2, -0.15) is 0 Å². The van der Waals surface area contributed by atoms with E-state index < -0.39 is 0 Å². The first kappa shape index (κ1) is 28.2. The Bertz CT molecular complexity index is 2850. The first-order valence-electron chi connectivity index (χ1n) is 16.6. The number of para-hydroxylation sites is 1. The zero-order chi connectivity index (χ0) is 33.0. The van der Waals surface area contributed by atoms with Gasteiger partial charge in [-0.15, -0.1) is 0 Å². The van der Waals surface area contributed by atoms with Crippen LogP contribution in [-0.4, -0.2) is 15.0 Å². The Hall–Kier alpha value is -6.85. The van der Waals surface area contributed by atoms with Crippen LogP contribution in [0.3, 0.4) is 0 Å². The average molecular weight is 642 g/mol. The van der Waals surface area contributed by atoms with E-state index in [4.69, 9.17) is 23.8 Å². The molecule has 10 aromatic rings. The fourth-order valence-corrected chi connectivity index (χ4v) is 6.89. The quantitative estimate of drug-likeness (QED) is 0.187. The lowest BCUT2D eigenvalue weighted by molar-refractivity contribution is 0.668. The van der Waals surface area contributed by atoms with Gasteiger partial charge in [0.1, 0.15) is 22.3 Å². The third-order valence-electron chi connectivity index (χ3n) is 9.36. The molecule has 0 spiro atoms. The predicted octanol–water partition coefficient (Wildman–Crippen LogP) is 12.0. The number of rotatable bonds is 5. The van der Waals surface area contributed by atoms with Crippen molar-refractivity contribution >= 4 is 43.9 Å². The van der Waals surface area contributed by atoms with E-state index in [0.717, 1.165) is 82.8 Å². The van der Waals surface area contributed by atoms with Gasteiger partial charge in [0.15, 0.2) is 17.5 Å². The summed E-state index contributed by atoms with van der Waals surface area (Å²) in [4.78, 5) is 15.2. The van der Waals surface area contributed by atoms with Crippen LogP contribution in [0.1, 0.15) is 0 Å². The molecule has 3 heterocycles. The molecule has 0 amide bonds. The molecular formula is C45H27N3O2. The Morgan fingerprint density at radius 2 is 0.840 bits per heavy atom. The topological polar surface area (TPSA) is 65.0 Å². The molecule has 0 atom stereocenters. The molecule has 50 heavy (non-hydrogen) atoms. The summed E-state index contributed by atoms with van der Waals surface area (Å²) >= 11 is 0. The monoisotopic (exact) mass is 641 g/mol. The van der Waals surface area contributed by atoms with Crippen LogP contribution in [0.5, 0.6) is 0 Å². The maximum atomic E-state index is 6.46. The fraction of sp³-hybridized carbons (Fsp3) is 0. The number of hydrogen-bond donors (Lipinski definition) is 0. The second-order valence-electron chi connectivity index (χ2n) is 12.4. The zero-order valence-corrected chi connectivity index (χ0v) is 26.7. The van der Waals surface area contributed by atoms with Crippen LogP contribution >= 0.6 is 0 Å². The minimum Gasteiger partial charge on any atom is -0.456 e. The normalized spacial score (nSPS) is 11.6. The van der Waals surface area contributed by atoms with Crippen LogP contribution in [0.25, 0.3) is 100 Å². The molecule has 0 aliphatic rings. The molecule has 0 radical (unpaired) electrons. The number of hydrogen-bond acceptors (Lipinski definition) is 5. The van der Waals surface area contributed by atoms with Crippen molar-refractivity contribution in [2.75, 3.05) is 0 Å². The number of furan rings is 2. The lowest BCUT2D eigenvalue weighted by Gasteiger charge is -2.09. The molecule has 10 rings (SSSR count). The molecule has 0 saturated carbocycles. The highest BCUT2D eigenvalue weighted by atomic mass is 16.3. The van der Waals surface area contributed by atoms with E-state index in [1.807, 2.05) is 60.7 Å². The Kier molecular flexibility index (Phi) is 6.42. The summed E-state index contributed by atoms with van der Waals surface area (Å²) in [5, 5.41) is 4.22. The zero-order valence-electron chi connectivity index (χ0n) is 26.7. The van der Waals surface area contributed by atoms with E-state index in [2.05, 4.69) is 103 Å². The molecule has 0 saturated heterocycles. The number of aromatic nitrogens is 3. The van der Waals surface area contributed by atoms with E-state index in [0.29, 0.717) is 17.5 Å². The van der Waals surface area contributed by atoms with Crippen LogP contribution in [0, 0.1) is 0 Å². The first-order valence-corrected chi connectivity index (χ1v) is 16.6. The van der Waals surface area contributed by atoms with Gasteiger partial charge in [0.05, 0.1) is 0 Å². The average Bonchev–Trinajstić information content (AvgIpc) is 3.76. The molecule has 0 aliphatic carbocycles. The lowest BCUT2D eigenvalue weighted by atomic mass is 9.99. The van der Waals surface area contributed by atoms with Crippen molar-refractivity contribution in [2.24, 2.45) is 0 Å². The smallest absolute Gasteiger partial charge is 0.164 e. The van der Waals surface area contributed by atoms with Crippen molar-refractivity contribution < 1.29 is 8.83 Å². The van der Waals surface area contributed by atoms with Crippen molar-refractivity contribution in [1.29, 1.82) is 0 Å². The molecule has 5 nitrogen and oxygen atoms in total. The molecule has 3 aromatic heterocycles. The highest BCUT2D eigenvalue weighted by molar-refractivity contribution is 6.13. The third-order valence-corrected chi connectivity index (χ3v) is 9.36. The summed E-state index contributed by atoms with van der Waals surface area (Å²) in [6.45, 7) is 0. The Balaban J connectivity index is 1.14. The van der Waals surface area contributed by atoms with Gasteiger partial charge in [-0.25, -0.2) is 15.0 Å². The number of benzene rings is 7. The van der Waals surface area contributed by atoms with E-state index >= 15 is 0 Å². The van der Waals surface area contributed by atoms with Gasteiger partial charge < -0.3 is 8.83 Å². The first-order chi connectivity index (χ1) is 24.7. The molecule has 0 unspecified atom stereocenters. The summed E-state index contributed by atoms with van der Waals surface area (Å²) in [5.41, 5.74) is 10.5. The van der Waals surface area contributed by atoms with Crippen molar-refractivity contribution in [3.63, 3.8) is 0 Å². The van der Waals surface area contributed by atoms with Crippen LogP contribution in [0.4, 0.5) is 0 Å². The van der Waals surface area contributed by atoms with E-state index in [1.165, 1.54) is 0 Å². The minimum absolute atomic E-state index is 0.569. The molecule has 0 bridgehead atoms. The lowest BCUT2D eigenvalue weighted by Crippen LogP contribution is -2.00. The highest BCUT2D eigenvalue weighted by Crippen LogP contribution is 2.39. The van der Waals surface area contributed by atoms with Crippen molar-refractivity contribution in [2.45, 2.75) is 0 Å². The Morgan fingerprint density at radius 1 is 0.300 bits per heavy atom. The van der Waals surface area contributed by atoms with Gasteiger partial charge in [0.2, 0.25) is 0 Å². The SMILES string of the molecule is c1ccc(-c2ccc(-c3nc(-c4ccc5c(c4)oc4cccc(-c6ccccc6)c45)nc(-c4ccc5oc6ccccc6c5c4)n3)cc2)cc1. The van der Waals surface area contributed by atoms with Crippen LogP contribution in [-0.2, 0) is 0 Å². The Morgan fingerprint density at radius 3 is 1.62 bits per heavy atom. The van der Waals surface area contributed by atoms with Gasteiger partial charge in [-0.3, -0.25) is 0 Å².